The minimum Gasteiger partial charge on any atom is -0.467 e. The van der Waals surface area contributed by atoms with Crippen molar-refractivity contribution in [3.05, 3.63) is 23.8 Å². The second-order valence-corrected chi connectivity index (χ2v) is 4.67. The molecule has 1 atom stereocenters. The number of carbonyl (C=O) groups excluding carboxylic acids is 1. The van der Waals surface area contributed by atoms with Crippen molar-refractivity contribution in [3.8, 4) is 5.75 Å². The summed E-state index contributed by atoms with van der Waals surface area (Å²) in [6, 6.07) is 3.67. The Morgan fingerprint density at radius 1 is 1.50 bits per heavy atom. The molecule has 98 valence electrons. The van der Waals surface area contributed by atoms with Crippen LogP contribution in [0, 0.1) is 0 Å². The molecule has 0 aliphatic carbocycles. The summed E-state index contributed by atoms with van der Waals surface area (Å²) in [5.74, 6) is -0.582. The molecule has 0 aromatic heterocycles. The van der Waals surface area contributed by atoms with Crippen molar-refractivity contribution < 1.29 is 26.0 Å². The van der Waals surface area contributed by atoms with E-state index in [1.54, 1.807) is 6.07 Å². The van der Waals surface area contributed by atoms with Gasteiger partial charge in [0.05, 0.1) is 7.11 Å². The summed E-state index contributed by atoms with van der Waals surface area (Å²) in [7, 11) is -3.77. The minimum absolute atomic E-state index is 0.158. The lowest BCUT2D eigenvalue weighted by molar-refractivity contribution is -0.141. The van der Waals surface area contributed by atoms with Crippen molar-refractivity contribution in [2.45, 2.75) is 12.5 Å². The number of carbonyl (C=O) groups is 1. The fraction of sp³-hybridized carbons (Fsp3) is 0.300. The summed E-state index contributed by atoms with van der Waals surface area (Å²) in [6.07, 6.45) is 0.421. The number of hydrogen-bond acceptors (Lipinski definition) is 6. The van der Waals surface area contributed by atoms with Gasteiger partial charge in [-0.25, -0.2) is 4.79 Å². The topological polar surface area (TPSA) is 81.7 Å². The molecule has 1 N–H and O–H groups in total. The summed E-state index contributed by atoms with van der Waals surface area (Å²) in [5.41, 5.74) is 1.32. The highest BCUT2D eigenvalue weighted by Crippen LogP contribution is 2.30. The average Bonchev–Trinajstić information content (AvgIpc) is 2.68. The number of methoxy groups -OCH3 is 1. The third-order valence-electron chi connectivity index (χ3n) is 2.52. The predicted molar refractivity (Wildman–Crippen MR) is 60.2 cm³/mol. The lowest BCUT2D eigenvalue weighted by Crippen LogP contribution is -2.27. The van der Waals surface area contributed by atoms with Crippen molar-refractivity contribution in [2.24, 2.45) is 0 Å². The molecule has 1 aliphatic rings. The Bertz CT molecular complexity index is 586. The molecule has 0 saturated carbocycles. The van der Waals surface area contributed by atoms with E-state index >= 15 is 0 Å². The van der Waals surface area contributed by atoms with E-state index in [0.29, 0.717) is 12.1 Å². The molecule has 0 amide bonds. The Kier molecular flexibility index (Phi) is 3.12. The summed E-state index contributed by atoms with van der Waals surface area (Å²) in [6.45, 7) is 0. The zero-order valence-electron chi connectivity index (χ0n) is 9.34. The molecule has 8 heteroatoms. The van der Waals surface area contributed by atoms with Crippen LogP contribution in [0.25, 0.3) is 0 Å². The van der Waals surface area contributed by atoms with Gasteiger partial charge in [-0.05, 0) is 11.6 Å². The lowest BCUT2D eigenvalue weighted by atomic mass is 10.1. The number of rotatable bonds is 3. The minimum atomic E-state index is -5.05. The van der Waals surface area contributed by atoms with Crippen molar-refractivity contribution in [3.63, 3.8) is 0 Å². The first-order valence-corrected chi connectivity index (χ1v) is 6.31. The van der Waals surface area contributed by atoms with Gasteiger partial charge in [0.2, 0.25) is 0 Å². The van der Waals surface area contributed by atoms with Crippen molar-refractivity contribution in [1.82, 2.24) is 0 Å². The normalized spacial score (nSPS) is 17.8. The predicted octanol–water partition coefficient (Wildman–Crippen LogP) is 0.789. The highest BCUT2D eigenvalue weighted by molar-refractivity contribution is 7.81. The Balaban J connectivity index is 2.19. The molecule has 1 aromatic carbocycles. The van der Waals surface area contributed by atoms with Gasteiger partial charge in [-0.3, -0.25) is 0 Å². The fourth-order valence-corrected chi connectivity index (χ4v) is 2.11. The monoisotopic (exact) mass is 275 g/mol. The largest absolute Gasteiger partial charge is 0.488 e. The highest BCUT2D eigenvalue weighted by atomic mass is 32.3. The third kappa shape index (κ3) is 2.70. The second kappa shape index (κ2) is 4.45. The summed E-state index contributed by atoms with van der Waals surface area (Å²) < 4.78 is 41.7. The van der Waals surface area contributed by atoms with Gasteiger partial charge in [0.15, 0.2) is 0 Å². The van der Waals surface area contributed by atoms with E-state index in [1.165, 1.54) is 19.2 Å². The number of ether oxygens (including phenoxy) is 1. The Morgan fingerprint density at radius 2 is 2.22 bits per heavy atom. The summed E-state index contributed by atoms with van der Waals surface area (Å²) in [5, 5.41) is 2.84. The van der Waals surface area contributed by atoms with E-state index < -0.39 is 22.5 Å². The molecule has 1 unspecified atom stereocenters. The molecule has 18 heavy (non-hydrogen) atoms. The van der Waals surface area contributed by atoms with Gasteiger partial charge in [0, 0.05) is 18.2 Å². The van der Waals surface area contributed by atoms with E-state index in [2.05, 4.69) is 14.2 Å². The van der Waals surface area contributed by atoms with Crippen molar-refractivity contribution >= 4 is 22.2 Å². The molecule has 0 saturated heterocycles. The fourth-order valence-electron chi connectivity index (χ4n) is 1.78. The number of halogens is 1. The lowest BCUT2D eigenvalue weighted by Gasteiger charge is -2.07. The van der Waals surface area contributed by atoms with Crippen LogP contribution in [0.3, 0.4) is 0 Å². The Labute approximate surface area is 103 Å². The summed E-state index contributed by atoms with van der Waals surface area (Å²) in [4.78, 5) is 11.3. The maximum atomic E-state index is 12.3. The maximum absolute atomic E-state index is 12.3. The molecule has 6 nitrogen and oxygen atoms in total. The van der Waals surface area contributed by atoms with Crippen LogP contribution in [0.4, 0.5) is 9.57 Å². The molecule has 0 spiro atoms. The number of fused-ring (bicyclic) bond motifs is 1. The molecule has 2 rings (SSSR count). The first-order chi connectivity index (χ1) is 8.39. The van der Waals surface area contributed by atoms with E-state index in [1.807, 2.05) is 0 Å². The van der Waals surface area contributed by atoms with E-state index in [9.17, 15) is 17.1 Å². The van der Waals surface area contributed by atoms with Crippen LogP contribution in [0.15, 0.2) is 18.2 Å². The van der Waals surface area contributed by atoms with Crippen molar-refractivity contribution in [1.29, 1.82) is 0 Å². The standard InChI is InChI=1S/C10H10FNO5S/c1-16-10(13)9-4-6-2-3-7(5-8(6)12-9)17-18(11,14)15/h2-3,5,9,12H,4H2,1H3. The van der Waals surface area contributed by atoms with Crippen molar-refractivity contribution in [2.75, 3.05) is 12.4 Å². The molecule has 0 radical (unpaired) electrons. The van der Waals surface area contributed by atoms with Gasteiger partial charge >= 0.3 is 16.5 Å². The number of esters is 1. The van der Waals surface area contributed by atoms with Crippen LogP contribution in [-0.4, -0.2) is 27.5 Å². The van der Waals surface area contributed by atoms with Gasteiger partial charge in [-0.2, -0.15) is 8.42 Å². The van der Waals surface area contributed by atoms with Gasteiger partial charge in [0.25, 0.3) is 0 Å². The zero-order chi connectivity index (χ0) is 13.3. The van der Waals surface area contributed by atoms with Gasteiger partial charge < -0.3 is 14.2 Å². The van der Waals surface area contributed by atoms with Crippen LogP contribution in [0.2, 0.25) is 0 Å². The van der Waals surface area contributed by atoms with Crippen LogP contribution >= 0.6 is 0 Å². The van der Waals surface area contributed by atoms with Crippen LogP contribution in [0.1, 0.15) is 5.56 Å². The van der Waals surface area contributed by atoms with E-state index in [0.717, 1.165) is 5.56 Å². The summed E-state index contributed by atoms with van der Waals surface area (Å²) >= 11 is 0. The van der Waals surface area contributed by atoms with Crippen LogP contribution in [0.5, 0.6) is 5.75 Å². The number of benzene rings is 1. The van der Waals surface area contributed by atoms with Gasteiger partial charge in [-0.1, -0.05) is 9.95 Å². The molecule has 1 aromatic rings. The number of anilines is 1. The molecule has 0 fully saturated rings. The quantitative estimate of drug-likeness (QED) is 0.648. The molecule has 1 aliphatic heterocycles. The van der Waals surface area contributed by atoms with Gasteiger partial charge in [-0.15, -0.1) is 0 Å². The second-order valence-electron chi connectivity index (χ2n) is 3.72. The SMILES string of the molecule is COC(=O)C1Cc2ccc(OS(=O)(=O)F)cc2N1. The smallest absolute Gasteiger partial charge is 0.467 e. The van der Waals surface area contributed by atoms with Crippen LogP contribution in [-0.2, 0) is 26.5 Å². The van der Waals surface area contributed by atoms with E-state index in [4.69, 9.17) is 0 Å². The first kappa shape index (κ1) is 12.6. The van der Waals surface area contributed by atoms with Crippen LogP contribution < -0.4 is 9.50 Å². The first-order valence-electron chi connectivity index (χ1n) is 5.00. The van der Waals surface area contributed by atoms with E-state index in [-0.39, 0.29) is 5.75 Å². The molecule has 1 heterocycles. The number of hydrogen-bond donors (Lipinski definition) is 1. The molecular formula is C10H10FNO5S. The van der Waals surface area contributed by atoms with Gasteiger partial charge in [0.1, 0.15) is 11.8 Å². The number of nitrogens with one attached hydrogen (secondary N) is 1. The molecule has 0 bridgehead atoms. The zero-order valence-corrected chi connectivity index (χ0v) is 10.2. The molecular weight excluding hydrogens is 265 g/mol. The maximum Gasteiger partial charge on any atom is 0.488 e. The average molecular weight is 275 g/mol. The Morgan fingerprint density at radius 3 is 2.83 bits per heavy atom. The highest BCUT2D eigenvalue weighted by Gasteiger charge is 2.28. The third-order valence-corrected chi connectivity index (χ3v) is 2.91. The Hall–Kier alpha value is -1.83.